The van der Waals surface area contributed by atoms with Gasteiger partial charge in [0.05, 0.1) is 18.1 Å². The minimum absolute atomic E-state index is 0.0631. The number of hydrogen-bond donors (Lipinski definition) is 0. The third kappa shape index (κ3) is 6.31. The topological polar surface area (TPSA) is 38.8 Å². The number of ether oxygens (including phenoxy) is 2. The third-order valence-corrected chi connectivity index (χ3v) is 5.65. The number of carbonyl (C=O) groups excluding carboxylic acids is 1. The van der Waals surface area contributed by atoms with Gasteiger partial charge in [-0.25, -0.2) is 0 Å². The second-order valence-electron chi connectivity index (χ2n) is 6.59. The molecular formula is C22H27NO3S. The van der Waals surface area contributed by atoms with Crippen LogP contribution in [0.2, 0.25) is 0 Å². The van der Waals surface area contributed by atoms with Crippen LogP contribution in [-0.4, -0.2) is 50.1 Å². The molecule has 5 heteroatoms. The van der Waals surface area contributed by atoms with Crippen molar-refractivity contribution in [3.8, 4) is 5.75 Å². The fraction of sp³-hybridized carbons (Fsp3) is 0.409. The molecule has 144 valence electrons. The highest BCUT2D eigenvalue weighted by molar-refractivity contribution is 7.14. The maximum Gasteiger partial charge on any atom is 0.195 e. The Bertz CT molecular complexity index is 745. The van der Waals surface area contributed by atoms with Crippen LogP contribution >= 0.6 is 11.3 Å². The van der Waals surface area contributed by atoms with Gasteiger partial charge in [-0.3, -0.25) is 9.69 Å². The van der Waals surface area contributed by atoms with E-state index < -0.39 is 0 Å². The first-order valence-electron chi connectivity index (χ1n) is 9.58. The van der Waals surface area contributed by atoms with Crippen LogP contribution in [0, 0.1) is 0 Å². The number of ketones is 1. The molecule has 3 rings (SSSR count). The van der Waals surface area contributed by atoms with Crippen molar-refractivity contribution in [2.45, 2.75) is 19.8 Å². The van der Waals surface area contributed by atoms with Crippen LogP contribution in [0.4, 0.5) is 0 Å². The maximum absolute atomic E-state index is 12.3. The van der Waals surface area contributed by atoms with E-state index in [9.17, 15) is 4.79 Å². The summed E-state index contributed by atoms with van der Waals surface area (Å²) in [6, 6.07) is 11.8. The van der Waals surface area contributed by atoms with Gasteiger partial charge in [-0.1, -0.05) is 31.6 Å². The van der Waals surface area contributed by atoms with Gasteiger partial charge in [-0.15, -0.1) is 11.3 Å². The number of benzene rings is 1. The van der Waals surface area contributed by atoms with Crippen LogP contribution in [0.25, 0.3) is 6.08 Å². The number of rotatable bonds is 9. The lowest BCUT2D eigenvalue weighted by Gasteiger charge is -2.26. The van der Waals surface area contributed by atoms with Crippen molar-refractivity contribution in [1.29, 1.82) is 0 Å². The number of aryl methyl sites for hydroxylation is 1. The summed E-state index contributed by atoms with van der Waals surface area (Å²) >= 11 is 1.59. The fourth-order valence-electron chi connectivity index (χ4n) is 2.94. The lowest BCUT2D eigenvalue weighted by atomic mass is 10.2. The van der Waals surface area contributed by atoms with Gasteiger partial charge in [-0.05, 0) is 42.3 Å². The Labute approximate surface area is 165 Å². The SMILES string of the molecule is CCCc1ccc(C(=O)/C=C/c2ccc(OCCN3CCOCC3)cc2)s1. The van der Waals surface area contributed by atoms with Gasteiger partial charge >= 0.3 is 0 Å². The van der Waals surface area contributed by atoms with Crippen LogP contribution in [0.1, 0.15) is 33.5 Å². The van der Waals surface area contributed by atoms with Crippen LogP contribution in [0.3, 0.4) is 0 Å². The molecule has 0 spiro atoms. The summed E-state index contributed by atoms with van der Waals surface area (Å²) in [6.45, 7) is 7.32. The van der Waals surface area contributed by atoms with Gasteiger partial charge in [0.2, 0.25) is 0 Å². The van der Waals surface area contributed by atoms with Crippen LogP contribution in [0.5, 0.6) is 5.75 Å². The van der Waals surface area contributed by atoms with E-state index in [1.165, 1.54) is 4.88 Å². The van der Waals surface area contributed by atoms with Gasteiger partial charge < -0.3 is 9.47 Å². The molecule has 2 heterocycles. The fourth-order valence-corrected chi connectivity index (χ4v) is 3.97. The summed E-state index contributed by atoms with van der Waals surface area (Å²) in [6.07, 6.45) is 5.65. The molecule has 0 aliphatic carbocycles. The molecule has 0 radical (unpaired) electrons. The third-order valence-electron chi connectivity index (χ3n) is 4.49. The first-order valence-corrected chi connectivity index (χ1v) is 10.4. The van der Waals surface area contributed by atoms with Crippen molar-refractivity contribution < 1.29 is 14.3 Å². The molecule has 1 aromatic heterocycles. The molecule has 27 heavy (non-hydrogen) atoms. The molecule has 1 aliphatic rings. The molecule has 0 unspecified atom stereocenters. The quantitative estimate of drug-likeness (QED) is 0.476. The molecule has 0 amide bonds. The largest absolute Gasteiger partial charge is 0.492 e. The highest BCUT2D eigenvalue weighted by atomic mass is 32.1. The summed E-state index contributed by atoms with van der Waals surface area (Å²) in [5.74, 6) is 0.919. The second-order valence-corrected chi connectivity index (χ2v) is 7.75. The first-order chi connectivity index (χ1) is 13.2. The second kappa shape index (κ2) is 10.4. The van der Waals surface area contributed by atoms with Gasteiger partial charge in [0.15, 0.2) is 5.78 Å². The number of allylic oxidation sites excluding steroid dienone is 1. The van der Waals surface area contributed by atoms with Crippen LogP contribution in [-0.2, 0) is 11.2 Å². The van der Waals surface area contributed by atoms with E-state index in [0.717, 1.165) is 61.9 Å². The molecule has 4 nitrogen and oxygen atoms in total. The predicted octanol–water partition coefficient (Wildman–Crippen LogP) is 4.31. The maximum atomic E-state index is 12.3. The van der Waals surface area contributed by atoms with E-state index in [-0.39, 0.29) is 5.78 Å². The molecule has 0 saturated carbocycles. The van der Waals surface area contributed by atoms with Gasteiger partial charge in [-0.2, -0.15) is 0 Å². The first kappa shape index (κ1) is 19.8. The molecule has 2 aromatic rings. The highest BCUT2D eigenvalue weighted by Gasteiger charge is 2.09. The number of morpholine rings is 1. The standard InChI is InChI=1S/C22H27NO3S/c1-2-3-20-9-11-22(27-20)21(24)10-6-18-4-7-19(8-5-18)26-17-14-23-12-15-25-16-13-23/h4-11H,2-3,12-17H2,1H3/b10-6+. The van der Waals surface area contributed by atoms with Crippen LogP contribution in [0.15, 0.2) is 42.5 Å². The Kier molecular flexibility index (Phi) is 7.63. The zero-order valence-electron chi connectivity index (χ0n) is 15.9. The number of thiophene rings is 1. The van der Waals surface area contributed by atoms with Crippen molar-refractivity contribution in [2.24, 2.45) is 0 Å². The molecule has 1 fully saturated rings. The van der Waals surface area contributed by atoms with Crippen molar-refractivity contribution >= 4 is 23.2 Å². The molecule has 0 N–H and O–H groups in total. The lowest BCUT2D eigenvalue weighted by molar-refractivity contribution is 0.0322. The van der Waals surface area contributed by atoms with Crippen molar-refractivity contribution in [3.05, 3.63) is 57.8 Å². The van der Waals surface area contributed by atoms with E-state index in [1.807, 2.05) is 36.4 Å². The lowest BCUT2D eigenvalue weighted by Crippen LogP contribution is -2.38. The van der Waals surface area contributed by atoms with Gasteiger partial charge in [0, 0.05) is 24.5 Å². The Morgan fingerprint density at radius 1 is 1.19 bits per heavy atom. The Morgan fingerprint density at radius 2 is 1.96 bits per heavy atom. The summed E-state index contributed by atoms with van der Waals surface area (Å²) in [4.78, 5) is 16.7. The van der Waals surface area contributed by atoms with Gasteiger partial charge in [0.1, 0.15) is 12.4 Å². The number of carbonyl (C=O) groups is 1. The number of nitrogens with zero attached hydrogens (tertiary/aromatic N) is 1. The van der Waals surface area contributed by atoms with Crippen molar-refractivity contribution in [2.75, 3.05) is 39.5 Å². The van der Waals surface area contributed by atoms with Gasteiger partial charge in [0.25, 0.3) is 0 Å². The molecule has 0 bridgehead atoms. The minimum atomic E-state index is 0.0631. The summed E-state index contributed by atoms with van der Waals surface area (Å²) in [7, 11) is 0. The van der Waals surface area contributed by atoms with E-state index in [0.29, 0.717) is 6.61 Å². The van der Waals surface area contributed by atoms with Crippen LogP contribution < -0.4 is 4.74 Å². The normalized spacial score (nSPS) is 15.3. The average molecular weight is 386 g/mol. The average Bonchev–Trinajstić information content (AvgIpc) is 3.17. The van der Waals surface area contributed by atoms with Crippen molar-refractivity contribution in [3.63, 3.8) is 0 Å². The summed E-state index contributed by atoms with van der Waals surface area (Å²) in [5, 5.41) is 0. The van der Waals surface area contributed by atoms with E-state index in [1.54, 1.807) is 17.4 Å². The Balaban J connectivity index is 1.46. The zero-order chi connectivity index (χ0) is 18.9. The zero-order valence-corrected chi connectivity index (χ0v) is 16.7. The van der Waals surface area contributed by atoms with E-state index in [4.69, 9.17) is 9.47 Å². The molecular weight excluding hydrogens is 358 g/mol. The molecule has 1 aromatic carbocycles. The Morgan fingerprint density at radius 3 is 2.70 bits per heavy atom. The smallest absolute Gasteiger partial charge is 0.195 e. The highest BCUT2D eigenvalue weighted by Crippen LogP contribution is 2.20. The number of hydrogen-bond acceptors (Lipinski definition) is 5. The van der Waals surface area contributed by atoms with E-state index >= 15 is 0 Å². The monoisotopic (exact) mass is 385 g/mol. The molecule has 1 aliphatic heterocycles. The molecule has 1 saturated heterocycles. The van der Waals surface area contributed by atoms with E-state index in [2.05, 4.69) is 17.9 Å². The summed E-state index contributed by atoms with van der Waals surface area (Å²) in [5.41, 5.74) is 0.995. The summed E-state index contributed by atoms with van der Waals surface area (Å²) < 4.78 is 11.2. The van der Waals surface area contributed by atoms with Crippen molar-refractivity contribution in [1.82, 2.24) is 4.90 Å². The molecule has 0 atom stereocenters. The minimum Gasteiger partial charge on any atom is -0.492 e. The Hall–Kier alpha value is -1.95. The predicted molar refractivity (Wildman–Crippen MR) is 111 cm³/mol.